The molecule has 0 fully saturated rings. The smallest absolute Gasteiger partial charge is 0.00735 e. The third kappa shape index (κ3) is 2.82. The van der Waals surface area contributed by atoms with Gasteiger partial charge in [0.15, 0.2) is 0 Å². The maximum Gasteiger partial charge on any atom is -0.00735 e. The minimum absolute atomic E-state index is 0.294. The molecular formula is C17H21P. The van der Waals surface area contributed by atoms with Crippen LogP contribution in [-0.4, -0.2) is 5.16 Å². The summed E-state index contributed by atoms with van der Waals surface area (Å²) in [5.74, 6) is 0. The molecule has 2 aromatic carbocycles. The zero-order valence-electron chi connectivity index (χ0n) is 11.4. The molecule has 0 bridgehead atoms. The standard InChI is InChI=1S/C17H21P/c1-4-17(2,3)18(15-11-7-5-8-12-15)16-13-9-6-10-14-16/h5-14H,4H2,1-3H3. The normalized spacial score (nSPS) is 11.8. The van der Waals surface area contributed by atoms with Gasteiger partial charge in [-0.15, -0.1) is 0 Å². The van der Waals surface area contributed by atoms with Crippen LogP contribution in [0.15, 0.2) is 60.7 Å². The summed E-state index contributed by atoms with van der Waals surface area (Å²) >= 11 is 0. The van der Waals surface area contributed by atoms with Crippen LogP contribution in [0.3, 0.4) is 0 Å². The topological polar surface area (TPSA) is 0 Å². The molecule has 0 aromatic heterocycles. The van der Waals surface area contributed by atoms with Crippen molar-refractivity contribution >= 4 is 18.5 Å². The van der Waals surface area contributed by atoms with Crippen molar-refractivity contribution in [1.29, 1.82) is 0 Å². The van der Waals surface area contributed by atoms with E-state index in [1.807, 2.05) is 0 Å². The summed E-state index contributed by atoms with van der Waals surface area (Å²) in [5, 5.41) is 3.29. The van der Waals surface area contributed by atoms with Crippen molar-refractivity contribution in [2.75, 3.05) is 0 Å². The second-order valence-corrected chi connectivity index (χ2v) is 8.09. The summed E-state index contributed by atoms with van der Waals surface area (Å²) < 4.78 is 0. The number of hydrogen-bond donors (Lipinski definition) is 0. The van der Waals surface area contributed by atoms with Gasteiger partial charge in [-0.1, -0.05) is 81.4 Å². The summed E-state index contributed by atoms with van der Waals surface area (Å²) in [6.07, 6.45) is 1.20. The van der Waals surface area contributed by atoms with Gasteiger partial charge < -0.3 is 0 Å². The van der Waals surface area contributed by atoms with E-state index in [2.05, 4.69) is 81.4 Å². The molecule has 0 radical (unpaired) electrons. The molecule has 0 atom stereocenters. The Kier molecular flexibility index (Phi) is 4.19. The van der Waals surface area contributed by atoms with E-state index in [0.717, 1.165) is 0 Å². The van der Waals surface area contributed by atoms with E-state index in [-0.39, 0.29) is 7.92 Å². The Bertz CT molecular complexity index is 434. The van der Waals surface area contributed by atoms with Crippen LogP contribution < -0.4 is 10.6 Å². The minimum atomic E-state index is -0.294. The van der Waals surface area contributed by atoms with E-state index < -0.39 is 0 Å². The summed E-state index contributed by atoms with van der Waals surface area (Å²) in [4.78, 5) is 0. The average molecular weight is 256 g/mol. The molecule has 0 aliphatic heterocycles. The monoisotopic (exact) mass is 256 g/mol. The Balaban J connectivity index is 2.49. The number of rotatable bonds is 4. The first kappa shape index (κ1) is 13.3. The highest BCUT2D eigenvalue weighted by molar-refractivity contribution is 7.74. The molecule has 0 saturated carbocycles. The highest BCUT2D eigenvalue weighted by atomic mass is 31.1. The Morgan fingerprint density at radius 3 is 1.50 bits per heavy atom. The Morgan fingerprint density at radius 1 is 0.778 bits per heavy atom. The first-order valence-corrected chi connectivity index (χ1v) is 7.89. The number of hydrogen-bond acceptors (Lipinski definition) is 0. The lowest BCUT2D eigenvalue weighted by atomic mass is 10.1. The lowest BCUT2D eigenvalue weighted by Crippen LogP contribution is -2.28. The molecule has 0 unspecified atom stereocenters. The molecule has 0 saturated heterocycles. The van der Waals surface area contributed by atoms with Gasteiger partial charge in [0.05, 0.1) is 0 Å². The Morgan fingerprint density at radius 2 is 1.17 bits per heavy atom. The molecule has 1 heteroatoms. The molecule has 0 heterocycles. The van der Waals surface area contributed by atoms with Crippen molar-refractivity contribution in [1.82, 2.24) is 0 Å². The fourth-order valence-electron chi connectivity index (χ4n) is 2.16. The van der Waals surface area contributed by atoms with Crippen LogP contribution in [0.25, 0.3) is 0 Å². The Labute approximate surface area is 112 Å². The molecule has 0 N–H and O–H groups in total. The van der Waals surface area contributed by atoms with Gasteiger partial charge in [-0.2, -0.15) is 0 Å². The number of benzene rings is 2. The van der Waals surface area contributed by atoms with Gasteiger partial charge in [0.25, 0.3) is 0 Å². The highest BCUT2D eigenvalue weighted by Crippen LogP contribution is 2.49. The summed E-state index contributed by atoms with van der Waals surface area (Å²) in [6.45, 7) is 7.07. The van der Waals surface area contributed by atoms with Gasteiger partial charge in [-0.3, -0.25) is 0 Å². The molecule has 18 heavy (non-hydrogen) atoms. The molecule has 0 nitrogen and oxygen atoms in total. The third-order valence-corrected chi connectivity index (χ3v) is 6.66. The molecule has 2 rings (SSSR count). The lowest BCUT2D eigenvalue weighted by molar-refractivity contribution is 0.676. The average Bonchev–Trinajstić information content (AvgIpc) is 2.41. The fraction of sp³-hybridized carbons (Fsp3) is 0.294. The van der Waals surface area contributed by atoms with Gasteiger partial charge >= 0.3 is 0 Å². The van der Waals surface area contributed by atoms with Crippen molar-refractivity contribution in [3.8, 4) is 0 Å². The molecule has 2 aromatic rings. The van der Waals surface area contributed by atoms with E-state index >= 15 is 0 Å². The SMILES string of the molecule is CCC(C)(C)P(c1ccccc1)c1ccccc1. The van der Waals surface area contributed by atoms with E-state index in [9.17, 15) is 0 Å². The zero-order valence-corrected chi connectivity index (χ0v) is 12.3. The summed E-state index contributed by atoms with van der Waals surface area (Å²) in [5.41, 5.74) is 0. The van der Waals surface area contributed by atoms with E-state index in [1.165, 1.54) is 17.0 Å². The quantitative estimate of drug-likeness (QED) is 0.715. The first-order valence-electron chi connectivity index (χ1n) is 6.55. The van der Waals surface area contributed by atoms with Crippen molar-refractivity contribution in [3.63, 3.8) is 0 Å². The van der Waals surface area contributed by atoms with Crippen molar-refractivity contribution in [2.45, 2.75) is 32.3 Å². The molecule has 0 aliphatic carbocycles. The van der Waals surface area contributed by atoms with Crippen LogP contribution in [0.4, 0.5) is 0 Å². The van der Waals surface area contributed by atoms with Crippen molar-refractivity contribution in [2.24, 2.45) is 0 Å². The van der Waals surface area contributed by atoms with Crippen LogP contribution >= 0.6 is 7.92 Å². The molecular weight excluding hydrogens is 235 g/mol. The van der Waals surface area contributed by atoms with E-state index in [4.69, 9.17) is 0 Å². The van der Waals surface area contributed by atoms with Crippen LogP contribution in [0.2, 0.25) is 0 Å². The molecule has 0 aliphatic rings. The second kappa shape index (κ2) is 5.67. The van der Waals surface area contributed by atoms with Gasteiger partial charge in [0, 0.05) is 0 Å². The maximum absolute atomic E-state index is 2.39. The van der Waals surface area contributed by atoms with Gasteiger partial charge in [0.2, 0.25) is 0 Å². The molecule has 0 amide bonds. The highest BCUT2D eigenvalue weighted by Gasteiger charge is 2.29. The lowest BCUT2D eigenvalue weighted by Gasteiger charge is -2.34. The van der Waals surface area contributed by atoms with Gasteiger partial charge in [0.1, 0.15) is 0 Å². The first-order chi connectivity index (χ1) is 8.65. The largest absolute Gasteiger partial charge is 0.0645 e. The van der Waals surface area contributed by atoms with Crippen molar-refractivity contribution in [3.05, 3.63) is 60.7 Å². The minimum Gasteiger partial charge on any atom is -0.0645 e. The fourth-order valence-corrected chi connectivity index (χ4v) is 5.11. The van der Waals surface area contributed by atoms with Gasteiger partial charge in [-0.25, -0.2) is 0 Å². The van der Waals surface area contributed by atoms with Gasteiger partial charge in [-0.05, 0) is 30.1 Å². The maximum atomic E-state index is 2.39. The predicted molar refractivity (Wildman–Crippen MR) is 83.4 cm³/mol. The van der Waals surface area contributed by atoms with E-state index in [0.29, 0.717) is 5.16 Å². The van der Waals surface area contributed by atoms with Crippen LogP contribution in [-0.2, 0) is 0 Å². The van der Waals surface area contributed by atoms with Crippen molar-refractivity contribution < 1.29 is 0 Å². The summed E-state index contributed by atoms with van der Waals surface area (Å²) in [6, 6.07) is 21.9. The molecule has 0 spiro atoms. The summed E-state index contributed by atoms with van der Waals surface area (Å²) in [7, 11) is -0.294. The molecule has 94 valence electrons. The van der Waals surface area contributed by atoms with E-state index in [1.54, 1.807) is 0 Å². The zero-order chi connectivity index (χ0) is 13.0. The predicted octanol–water partition coefficient (Wildman–Crippen LogP) is 4.31. The Hall–Kier alpha value is -1.13. The third-order valence-electron chi connectivity index (χ3n) is 3.50. The van der Waals surface area contributed by atoms with Crippen LogP contribution in [0.5, 0.6) is 0 Å². The second-order valence-electron chi connectivity index (χ2n) is 5.17. The van der Waals surface area contributed by atoms with Crippen LogP contribution in [0, 0.1) is 0 Å². The van der Waals surface area contributed by atoms with Crippen LogP contribution in [0.1, 0.15) is 27.2 Å².